The molecule has 3 rings (SSSR count). The van der Waals surface area contributed by atoms with Crippen molar-refractivity contribution in [3.8, 4) is 0 Å². The molecule has 3 amide bonds. The van der Waals surface area contributed by atoms with Gasteiger partial charge in [-0.15, -0.1) is 0 Å². The normalized spacial score (nSPS) is 20.9. The summed E-state index contributed by atoms with van der Waals surface area (Å²) in [4.78, 5) is 54.3. The van der Waals surface area contributed by atoms with Gasteiger partial charge in [-0.3, -0.25) is 4.79 Å². The van der Waals surface area contributed by atoms with Gasteiger partial charge >= 0.3 is 18.0 Å². The minimum absolute atomic E-state index is 0.167. The zero-order valence-corrected chi connectivity index (χ0v) is 29.2. The number of nitrogens with zero attached hydrogens (tertiary/aromatic N) is 1. The molecule has 0 spiro atoms. The van der Waals surface area contributed by atoms with Crippen molar-refractivity contribution in [1.29, 1.82) is 0 Å². The number of rotatable bonds is 8. The van der Waals surface area contributed by atoms with Gasteiger partial charge in [0.2, 0.25) is 0 Å². The molecule has 11 heteroatoms. The maximum absolute atomic E-state index is 15.4. The van der Waals surface area contributed by atoms with Gasteiger partial charge in [-0.05, 0) is 56.9 Å². The number of hydrogen-bond donors (Lipinski definition) is 2. The summed E-state index contributed by atoms with van der Waals surface area (Å²) in [5, 5.41) is 5.84. The van der Waals surface area contributed by atoms with E-state index in [-0.39, 0.29) is 22.8 Å². The minimum Gasteiger partial charge on any atom is -0.465 e. The van der Waals surface area contributed by atoms with Gasteiger partial charge < -0.3 is 20.1 Å². The lowest BCUT2D eigenvalue weighted by Gasteiger charge is -2.46. The van der Waals surface area contributed by atoms with E-state index in [1.165, 1.54) is 13.2 Å². The molecule has 1 unspecified atom stereocenters. The Morgan fingerprint density at radius 1 is 1.00 bits per heavy atom. The van der Waals surface area contributed by atoms with Crippen LogP contribution in [-0.4, -0.2) is 67.4 Å². The summed E-state index contributed by atoms with van der Waals surface area (Å²) >= 11 is 0. The highest BCUT2D eigenvalue weighted by Gasteiger charge is 2.64. The quantitative estimate of drug-likeness (QED) is 0.211. The number of ether oxygens (including phenoxy) is 2. The number of quaternary nitrogens is 1. The van der Waals surface area contributed by atoms with Crippen molar-refractivity contribution in [2.45, 2.75) is 97.9 Å². The molecule has 2 N–H and O–H groups in total. The molecule has 1 aliphatic rings. The predicted octanol–water partition coefficient (Wildman–Crippen LogP) is 5.90. The number of carbonyl (C=O) groups excluding carboxylic acids is 4. The van der Waals surface area contributed by atoms with E-state index < -0.39 is 55.1 Å². The Hall–Kier alpha value is -3.57. The Kier molecular flexibility index (Phi) is 10.7. The second-order valence-electron chi connectivity index (χ2n) is 14.9. The zero-order valence-electron chi connectivity index (χ0n) is 28.2. The summed E-state index contributed by atoms with van der Waals surface area (Å²) in [6, 6.07) is 11.0. The van der Waals surface area contributed by atoms with Crippen molar-refractivity contribution >= 4 is 32.0 Å². The number of amides is 3. The SMILES string of the molecule is COC(=O)c1ccc(CNC(=O)C2C[Si](C)(C)C[N@@+]2(C(=O)[C@@H](NC(=O)OC(C)(C)C)C(C)(C)C)[C@H](C)c2ccccc2F)cc1. The lowest BCUT2D eigenvalue weighted by Crippen LogP contribution is -2.69. The molecule has 0 bridgehead atoms. The first-order valence-electron chi connectivity index (χ1n) is 15.3. The number of halogens is 1. The van der Waals surface area contributed by atoms with Crippen molar-refractivity contribution in [1.82, 2.24) is 10.6 Å². The van der Waals surface area contributed by atoms with Crippen LogP contribution in [0.5, 0.6) is 0 Å². The zero-order chi connectivity index (χ0) is 34.0. The Morgan fingerprint density at radius 3 is 2.13 bits per heavy atom. The molecule has 2 aromatic rings. The summed E-state index contributed by atoms with van der Waals surface area (Å²) in [6.45, 7) is 17.0. The number of nitrogens with one attached hydrogen (secondary N) is 2. The Balaban J connectivity index is 2.09. The first-order valence-corrected chi connectivity index (χ1v) is 18.7. The topological polar surface area (TPSA) is 111 Å². The van der Waals surface area contributed by atoms with Gasteiger partial charge in [-0.2, -0.15) is 0 Å². The average Bonchev–Trinajstić information content (AvgIpc) is 3.24. The van der Waals surface area contributed by atoms with Crippen LogP contribution in [0.3, 0.4) is 0 Å². The molecule has 1 saturated heterocycles. The fourth-order valence-electron chi connectivity index (χ4n) is 6.26. The Morgan fingerprint density at radius 2 is 1.60 bits per heavy atom. The number of carbonyl (C=O) groups is 4. The largest absolute Gasteiger partial charge is 0.465 e. The average molecular weight is 643 g/mol. The molecule has 1 fully saturated rings. The Labute approximate surface area is 267 Å². The molecule has 1 heterocycles. The van der Waals surface area contributed by atoms with E-state index >= 15 is 9.18 Å². The van der Waals surface area contributed by atoms with Crippen molar-refractivity contribution in [3.05, 3.63) is 71.0 Å². The monoisotopic (exact) mass is 642 g/mol. The van der Waals surface area contributed by atoms with Crippen molar-refractivity contribution in [3.63, 3.8) is 0 Å². The molecular weight excluding hydrogens is 593 g/mol. The van der Waals surface area contributed by atoms with E-state index in [0.29, 0.717) is 23.3 Å². The lowest BCUT2D eigenvalue weighted by atomic mass is 9.84. The van der Waals surface area contributed by atoms with Crippen molar-refractivity contribution < 1.29 is 37.5 Å². The van der Waals surface area contributed by atoms with Gasteiger partial charge in [0, 0.05) is 18.2 Å². The molecule has 0 radical (unpaired) electrons. The summed E-state index contributed by atoms with van der Waals surface area (Å²) in [7, 11) is -0.910. The molecule has 2 aromatic carbocycles. The van der Waals surface area contributed by atoms with E-state index in [1.54, 1.807) is 70.2 Å². The highest BCUT2D eigenvalue weighted by Crippen LogP contribution is 2.45. The van der Waals surface area contributed by atoms with E-state index in [4.69, 9.17) is 9.47 Å². The second-order valence-corrected chi connectivity index (χ2v) is 19.9. The molecule has 246 valence electrons. The van der Waals surface area contributed by atoms with Crippen LogP contribution in [0.4, 0.5) is 9.18 Å². The fraction of sp³-hybridized carbons (Fsp3) is 0.529. The van der Waals surface area contributed by atoms with E-state index in [0.717, 1.165) is 5.56 Å². The molecule has 4 atom stereocenters. The summed E-state index contributed by atoms with van der Waals surface area (Å²) < 4.78 is 25.4. The molecule has 0 aliphatic carbocycles. The van der Waals surface area contributed by atoms with E-state index in [9.17, 15) is 14.4 Å². The van der Waals surface area contributed by atoms with Crippen LogP contribution in [0.15, 0.2) is 48.5 Å². The minimum atomic E-state index is -2.22. The predicted molar refractivity (Wildman–Crippen MR) is 173 cm³/mol. The molecule has 45 heavy (non-hydrogen) atoms. The van der Waals surface area contributed by atoms with Crippen LogP contribution in [0.25, 0.3) is 0 Å². The lowest BCUT2D eigenvalue weighted by molar-refractivity contribution is -0.882. The van der Waals surface area contributed by atoms with Gasteiger partial charge in [0.1, 0.15) is 25.5 Å². The van der Waals surface area contributed by atoms with Crippen LogP contribution in [0.1, 0.15) is 76.0 Å². The van der Waals surface area contributed by atoms with E-state index in [1.807, 2.05) is 20.8 Å². The maximum Gasteiger partial charge on any atom is 0.408 e. The number of esters is 1. The van der Waals surface area contributed by atoms with Crippen LogP contribution in [0.2, 0.25) is 19.1 Å². The van der Waals surface area contributed by atoms with Crippen molar-refractivity contribution in [2.75, 3.05) is 13.3 Å². The van der Waals surface area contributed by atoms with Crippen LogP contribution in [-0.2, 0) is 25.6 Å². The number of hydrogen-bond acceptors (Lipinski definition) is 6. The third-order valence-electron chi connectivity index (χ3n) is 8.37. The third kappa shape index (κ3) is 8.37. The first-order chi connectivity index (χ1) is 20.7. The molecular formula is C34H49FN3O6Si+. The van der Waals surface area contributed by atoms with Crippen LogP contribution < -0.4 is 10.6 Å². The number of benzene rings is 2. The van der Waals surface area contributed by atoms with Crippen molar-refractivity contribution in [2.24, 2.45) is 5.41 Å². The summed E-state index contributed by atoms with van der Waals surface area (Å²) in [6.07, 6.45) is -0.352. The van der Waals surface area contributed by atoms with Gasteiger partial charge in [-0.25, -0.2) is 23.3 Å². The molecule has 1 aliphatic heterocycles. The van der Waals surface area contributed by atoms with Crippen LogP contribution >= 0.6 is 0 Å². The van der Waals surface area contributed by atoms with Gasteiger partial charge in [0.25, 0.3) is 5.91 Å². The summed E-state index contributed by atoms with van der Waals surface area (Å²) in [5.41, 5.74) is -0.0653. The first kappa shape index (κ1) is 35.9. The second kappa shape index (κ2) is 13.4. The maximum atomic E-state index is 15.4. The van der Waals surface area contributed by atoms with Gasteiger partial charge in [0.05, 0.1) is 18.8 Å². The van der Waals surface area contributed by atoms with E-state index in [2.05, 4.69) is 23.7 Å². The summed E-state index contributed by atoms with van der Waals surface area (Å²) in [5.74, 6) is -1.60. The smallest absolute Gasteiger partial charge is 0.408 e. The number of alkyl carbamates (subject to hydrolysis) is 1. The van der Waals surface area contributed by atoms with Gasteiger partial charge in [0.15, 0.2) is 12.1 Å². The standard InChI is InChI=1S/C34H48FN3O6Si/c1-22(25-13-11-12-14-26(25)35)38(30(40)28(33(2,3)4)37-32(42)44-34(5,6)7)21-45(9,10)20-27(38)29(39)36-19-23-15-17-24(18-16-23)31(41)43-8/h11-18,22,27-28H,19-21H2,1-10H3,(H-,36,37,39,42)/p+1/t22-,27?,28-,38-/m1/s1. The molecule has 9 nitrogen and oxygen atoms in total. The molecule has 0 aromatic heterocycles. The number of methoxy groups -OCH3 is 1. The highest BCUT2D eigenvalue weighted by atomic mass is 28.3. The molecule has 0 saturated carbocycles. The fourth-order valence-corrected chi connectivity index (χ4v) is 10.0. The van der Waals surface area contributed by atoms with Gasteiger partial charge in [-0.1, -0.05) is 64.2 Å². The third-order valence-corrected chi connectivity index (χ3v) is 11.2. The highest BCUT2D eigenvalue weighted by molar-refractivity contribution is 6.78. The Bertz CT molecular complexity index is 1420. The van der Waals surface area contributed by atoms with Crippen LogP contribution in [0, 0.1) is 11.2 Å².